The molecule has 14 heavy (non-hydrogen) atoms. The van der Waals surface area contributed by atoms with E-state index in [0.29, 0.717) is 20.7 Å². The average Bonchev–Trinajstić information content (AvgIpc) is 2.71. The molecule has 0 saturated heterocycles. The van der Waals surface area contributed by atoms with Crippen molar-refractivity contribution in [2.24, 2.45) is 0 Å². The molecule has 0 radical (unpaired) electrons. The Bertz CT molecular complexity index is 477. The van der Waals surface area contributed by atoms with Crippen molar-refractivity contribution in [3.63, 3.8) is 0 Å². The number of carbonyl (C=O) groups is 1. The van der Waals surface area contributed by atoms with E-state index in [1.165, 1.54) is 11.3 Å². The summed E-state index contributed by atoms with van der Waals surface area (Å²) >= 11 is 13.0. The summed E-state index contributed by atoms with van der Waals surface area (Å²) in [5, 5.41) is 0. The quantitative estimate of drug-likeness (QED) is 0.828. The lowest BCUT2D eigenvalue weighted by Gasteiger charge is -1.90. The number of nitrogens with zero attached hydrogens (tertiary/aromatic N) is 1. The SMILES string of the molecule is O=Cc1ncc(-c2cc(Cl)sc2Cl)[nH]1. The topological polar surface area (TPSA) is 45.8 Å². The Balaban J connectivity index is 2.48. The molecule has 0 atom stereocenters. The van der Waals surface area contributed by atoms with Crippen molar-refractivity contribution in [3.8, 4) is 11.3 Å². The minimum Gasteiger partial charge on any atom is -0.336 e. The molecule has 0 spiro atoms. The summed E-state index contributed by atoms with van der Waals surface area (Å²) in [6, 6.07) is 1.73. The van der Waals surface area contributed by atoms with Crippen molar-refractivity contribution in [3.05, 3.63) is 26.8 Å². The van der Waals surface area contributed by atoms with E-state index in [1.54, 1.807) is 12.3 Å². The number of H-pyrrole nitrogens is 1. The van der Waals surface area contributed by atoms with E-state index in [2.05, 4.69) is 9.97 Å². The Morgan fingerprint density at radius 3 is 2.79 bits per heavy atom. The molecule has 1 N–H and O–H groups in total. The zero-order valence-corrected chi connectivity index (χ0v) is 9.08. The fraction of sp³-hybridized carbons (Fsp3) is 0. The van der Waals surface area contributed by atoms with Crippen molar-refractivity contribution in [2.75, 3.05) is 0 Å². The van der Waals surface area contributed by atoms with Gasteiger partial charge in [0.25, 0.3) is 0 Å². The van der Waals surface area contributed by atoms with E-state index in [1.807, 2.05) is 0 Å². The van der Waals surface area contributed by atoms with Crippen LogP contribution in [-0.4, -0.2) is 16.3 Å². The van der Waals surface area contributed by atoms with Crippen molar-refractivity contribution in [2.45, 2.75) is 0 Å². The van der Waals surface area contributed by atoms with E-state index in [-0.39, 0.29) is 5.82 Å². The maximum absolute atomic E-state index is 10.4. The fourth-order valence-corrected chi connectivity index (χ4v) is 2.55. The predicted molar refractivity (Wildman–Crippen MR) is 57.3 cm³/mol. The number of thiophene rings is 1. The third kappa shape index (κ3) is 1.68. The summed E-state index contributed by atoms with van der Waals surface area (Å²) in [6.45, 7) is 0. The predicted octanol–water partition coefficient (Wildman–Crippen LogP) is 3.26. The summed E-state index contributed by atoms with van der Waals surface area (Å²) in [5.74, 6) is 0.276. The van der Waals surface area contributed by atoms with E-state index in [4.69, 9.17) is 23.2 Å². The number of imidazole rings is 1. The van der Waals surface area contributed by atoms with Crippen LogP contribution < -0.4 is 0 Å². The molecule has 2 rings (SSSR count). The van der Waals surface area contributed by atoms with Crippen LogP contribution in [0, 0.1) is 0 Å². The van der Waals surface area contributed by atoms with Crippen LogP contribution in [0.1, 0.15) is 10.6 Å². The minimum absolute atomic E-state index is 0.276. The molecule has 0 aliphatic heterocycles. The number of hydrogen-bond donors (Lipinski definition) is 1. The molecule has 0 saturated carbocycles. The molecule has 6 heteroatoms. The summed E-state index contributed by atoms with van der Waals surface area (Å²) in [7, 11) is 0. The molecule has 72 valence electrons. The number of aromatic amines is 1. The van der Waals surface area contributed by atoms with Gasteiger partial charge in [0.05, 0.1) is 16.2 Å². The van der Waals surface area contributed by atoms with E-state index >= 15 is 0 Å². The van der Waals surface area contributed by atoms with Gasteiger partial charge < -0.3 is 4.98 Å². The van der Waals surface area contributed by atoms with E-state index in [9.17, 15) is 4.79 Å². The second-order valence-electron chi connectivity index (χ2n) is 2.54. The molecule has 0 fully saturated rings. The number of aldehydes is 1. The van der Waals surface area contributed by atoms with Crippen LogP contribution in [0.25, 0.3) is 11.3 Å². The van der Waals surface area contributed by atoms with Gasteiger partial charge in [0, 0.05) is 5.56 Å². The molecule has 2 aromatic rings. The first kappa shape index (κ1) is 9.71. The second kappa shape index (κ2) is 3.73. The van der Waals surface area contributed by atoms with E-state index < -0.39 is 0 Å². The molecule has 0 aliphatic carbocycles. The molecule has 2 heterocycles. The Hall–Kier alpha value is -0.840. The lowest BCUT2D eigenvalue weighted by Crippen LogP contribution is -1.80. The standard InChI is InChI=1S/C8H4Cl2N2OS/c9-6-1-4(8(10)14-6)5-2-11-7(3-13)12-5/h1-3H,(H,11,12). The van der Waals surface area contributed by atoms with Crippen LogP contribution in [0.4, 0.5) is 0 Å². The molecule has 0 aromatic carbocycles. The highest BCUT2D eigenvalue weighted by Crippen LogP contribution is 2.37. The summed E-state index contributed by atoms with van der Waals surface area (Å²) in [5.41, 5.74) is 1.46. The first-order valence-electron chi connectivity index (χ1n) is 3.66. The van der Waals surface area contributed by atoms with Gasteiger partial charge in [-0.05, 0) is 6.07 Å². The number of nitrogens with one attached hydrogen (secondary N) is 1. The lowest BCUT2D eigenvalue weighted by atomic mass is 10.3. The molecule has 0 amide bonds. The third-order valence-corrected chi connectivity index (χ3v) is 3.14. The van der Waals surface area contributed by atoms with Crippen LogP contribution in [0.2, 0.25) is 8.67 Å². The number of hydrogen-bond acceptors (Lipinski definition) is 3. The van der Waals surface area contributed by atoms with Gasteiger partial charge in [-0.3, -0.25) is 4.79 Å². The van der Waals surface area contributed by atoms with Crippen LogP contribution in [0.15, 0.2) is 12.3 Å². The summed E-state index contributed by atoms with van der Waals surface area (Å²) < 4.78 is 1.18. The first-order chi connectivity index (χ1) is 6.70. The maximum atomic E-state index is 10.4. The van der Waals surface area contributed by atoms with Gasteiger partial charge >= 0.3 is 0 Å². The molecular weight excluding hydrogens is 243 g/mol. The van der Waals surface area contributed by atoms with Crippen LogP contribution in [0.3, 0.4) is 0 Å². The molecular formula is C8H4Cl2N2OS. The van der Waals surface area contributed by atoms with Gasteiger partial charge in [0.1, 0.15) is 4.34 Å². The smallest absolute Gasteiger partial charge is 0.185 e. The average molecular weight is 247 g/mol. The maximum Gasteiger partial charge on any atom is 0.185 e. The minimum atomic E-state index is 0.276. The Kier molecular flexibility index (Phi) is 2.58. The number of halogens is 2. The Morgan fingerprint density at radius 2 is 2.29 bits per heavy atom. The molecule has 0 aliphatic rings. The number of aromatic nitrogens is 2. The van der Waals surface area contributed by atoms with Crippen molar-refractivity contribution in [1.82, 2.24) is 9.97 Å². The number of rotatable bonds is 2. The van der Waals surface area contributed by atoms with Gasteiger partial charge in [-0.1, -0.05) is 23.2 Å². The van der Waals surface area contributed by atoms with Crippen LogP contribution >= 0.6 is 34.5 Å². The van der Waals surface area contributed by atoms with Crippen molar-refractivity contribution in [1.29, 1.82) is 0 Å². The molecule has 2 aromatic heterocycles. The highest BCUT2D eigenvalue weighted by molar-refractivity contribution is 7.20. The largest absolute Gasteiger partial charge is 0.336 e. The summed E-state index contributed by atoms with van der Waals surface area (Å²) in [6.07, 6.45) is 2.19. The summed E-state index contributed by atoms with van der Waals surface area (Å²) in [4.78, 5) is 17.0. The monoisotopic (exact) mass is 246 g/mol. The third-order valence-electron chi connectivity index (χ3n) is 1.65. The van der Waals surface area contributed by atoms with Gasteiger partial charge in [-0.25, -0.2) is 4.98 Å². The normalized spacial score (nSPS) is 10.4. The Morgan fingerprint density at radius 1 is 1.50 bits per heavy atom. The lowest BCUT2D eigenvalue weighted by molar-refractivity contribution is 0.111. The zero-order chi connectivity index (χ0) is 10.1. The highest BCUT2D eigenvalue weighted by Gasteiger charge is 2.10. The number of carbonyl (C=O) groups excluding carboxylic acids is 1. The second-order valence-corrected chi connectivity index (χ2v) is 4.82. The molecule has 3 nitrogen and oxygen atoms in total. The van der Waals surface area contributed by atoms with E-state index in [0.717, 1.165) is 5.56 Å². The van der Waals surface area contributed by atoms with Crippen molar-refractivity contribution >= 4 is 40.8 Å². The van der Waals surface area contributed by atoms with Gasteiger partial charge in [-0.15, -0.1) is 11.3 Å². The van der Waals surface area contributed by atoms with Crippen LogP contribution in [0.5, 0.6) is 0 Å². The molecule has 0 bridgehead atoms. The van der Waals surface area contributed by atoms with Gasteiger partial charge in [-0.2, -0.15) is 0 Å². The van der Waals surface area contributed by atoms with Crippen molar-refractivity contribution < 1.29 is 4.79 Å². The Labute approximate surface area is 93.7 Å². The van der Waals surface area contributed by atoms with Crippen LogP contribution in [-0.2, 0) is 0 Å². The zero-order valence-electron chi connectivity index (χ0n) is 6.75. The van der Waals surface area contributed by atoms with Gasteiger partial charge in [0.2, 0.25) is 0 Å². The van der Waals surface area contributed by atoms with Gasteiger partial charge in [0.15, 0.2) is 12.1 Å². The highest BCUT2D eigenvalue weighted by atomic mass is 35.5. The fourth-order valence-electron chi connectivity index (χ4n) is 1.06. The molecule has 0 unspecified atom stereocenters. The first-order valence-corrected chi connectivity index (χ1v) is 5.23.